The van der Waals surface area contributed by atoms with Crippen LogP contribution in [0.25, 0.3) is 5.69 Å². The molecule has 3 nitrogen and oxygen atoms in total. The zero-order valence-corrected chi connectivity index (χ0v) is 12.3. The summed E-state index contributed by atoms with van der Waals surface area (Å²) < 4.78 is 1.78. The van der Waals surface area contributed by atoms with Gasteiger partial charge in [0.15, 0.2) is 0 Å². The quantitative estimate of drug-likeness (QED) is 0.892. The number of hydrogen-bond acceptors (Lipinski definition) is 1. The van der Waals surface area contributed by atoms with E-state index in [0.29, 0.717) is 21.4 Å². The van der Waals surface area contributed by atoms with E-state index in [9.17, 15) is 4.79 Å². The first-order valence-corrected chi connectivity index (χ1v) is 6.47. The molecule has 1 N–H and O–H groups in total. The van der Waals surface area contributed by atoms with E-state index < -0.39 is 5.97 Å². The lowest BCUT2D eigenvalue weighted by molar-refractivity contribution is 0.0696. The van der Waals surface area contributed by atoms with E-state index in [4.69, 9.17) is 28.3 Å². The number of nitrogens with zero attached hydrogens (tertiary/aromatic N) is 1. The molecular formula is C14H13Cl2NO2. The van der Waals surface area contributed by atoms with Crippen molar-refractivity contribution in [3.63, 3.8) is 0 Å². The van der Waals surface area contributed by atoms with Crippen molar-refractivity contribution in [1.82, 2.24) is 4.57 Å². The Balaban J connectivity index is 2.80. The third-order valence-corrected chi connectivity index (χ3v) is 3.93. The van der Waals surface area contributed by atoms with Crippen LogP contribution in [0.2, 0.25) is 10.0 Å². The van der Waals surface area contributed by atoms with Crippen LogP contribution in [-0.4, -0.2) is 15.6 Å². The summed E-state index contributed by atoms with van der Waals surface area (Å²) in [6.45, 7) is 5.45. The second-order valence-electron chi connectivity index (χ2n) is 4.45. The van der Waals surface area contributed by atoms with E-state index in [2.05, 4.69) is 0 Å². The maximum Gasteiger partial charge on any atom is 0.337 e. The number of benzene rings is 1. The zero-order valence-electron chi connectivity index (χ0n) is 10.8. The average Bonchev–Trinajstić information content (AvgIpc) is 2.62. The summed E-state index contributed by atoms with van der Waals surface area (Å²) in [6.07, 6.45) is 0. The first-order valence-electron chi connectivity index (χ1n) is 5.71. The van der Waals surface area contributed by atoms with Crippen molar-refractivity contribution in [3.8, 4) is 5.69 Å². The predicted molar refractivity (Wildman–Crippen MR) is 77.0 cm³/mol. The summed E-state index contributed by atoms with van der Waals surface area (Å²) in [7, 11) is 0. The third kappa shape index (κ3) is 2.24. The molecule has 0 aliphatic heterocycles. The minimum atomic E-state index is -0.959. The van der Waals surface area contributed by atoms with Crippen molar-refractivity contribution in [2.75, 3.05) is 0 Å². The monoisotopic (exact) mass is 297 g/mol. The van der Waals surface area contributed by atoms with E-state index in [1.807, 2.05) is 19.9 Å². The molecule has 0 saturated carbocycles. The molecule has 0 radical (unpaired) electrons. The van der Waals surface area contributed by atoms with Crippen molar-refractivity contribution < 1.29 is 9.90 Å². The fraction of sp³-hybridized carbons (Fsp3) is 0.214. The van der Waals surface area contributed by atoms with Crippen LogP contribution in [0.5, 0.6) is 0 Å². The Bertz CT molecular complexity index is 675. The molecule has 19 heavy (non-hydrogen) atoms. The van der Waals surface area contributed by atoms with Gasteiger partial charge in [-0.1, -0.05) is 29.3 Å². The van der Waals surface area contributed by atoms with Crippen LogP contribution < -0.4 is 0 Å². The molecule has 0 fully saturated rings. The van der Waals surface area contributed by atoms with Gasteiger partial charge in [0, 0.05) is 11.4 Å². The number of aromatic carboxylic acids is 1. The summed E-state index contributed by atoms with van der Waals surface area (Å²) in [5.41, 5.74) is 3.17. The van der Waals surface area contributed by atoms with Crippen molar-refractivity contribution in [2.24, 2.45) is 0 Å². The number of carboxylic acids is 1. The molecule has 0 atom stereocenters. The summed E-state index contributed by atoms with van der Waals surface area (Å²) in [5, 5.41) is 10.2. The maximum absolute atomic E-state index is 11.2. The van der Waals surface area contributed by atoms with Crippen molar-refractivity contribution in [1.29, 1.82) is 0 Å². The largest absolute Gasteiger partial charge is 0.478 e. The van der Waals surface area contributed by atoms with Crippen LogP contribution >= 0.6 is 23.2 Å². The summed E-state index contributed by atoms with van der Waals surface area (Å²) in [4.78, 5) is 11.2. The van der Waals surface area contributed by atoms with Gasteiger partial charge in [0.05, 0.1) is 21.3 Å². The summed E-state index contributed by atoms with van der Waals surface area (Å²) in [5.74, 6) is -0.959. The van der Waals surface area contributed by atoms with Gasteiger partial charge in [-0.25, -0.2) is 4.79 Å². The molecule has 1 aromatic carbocycles. The van der Waals surface area contributed by atoms with Crippen LogP contribution in [0, 0.1) is 20.8 Å². The molecule has 1 heterocycles. The first-order chi connectivity index (χ1) is 8.84. The lowest BCUT2D eigenvalue weighted by atomic mass is 10.2. The van der Waals surface area contributed by atoms with Crippen molar-refractivity contribution in [2.45, 2.75) is 20.8 Å². The first kappa shape index (κ1) is 14.0. The SMILES string of the molecule is Cc1ccc(Cl)c(-n2c(C)cc(C(=O)O)c2C)c1Cl. The van der Waals surface area contributed by atoms with Crippen LogP contribution in [0.1, 0.15) is 27.3 Å². The van der Waals surface area contributed by atoms with Gasteiger partial charge in [0.25, 0.3) is 0 Å². The van der Waals surface area contributed by atoms with Crippen molar-refractivity contribution >= 4 is 29.2 Å². The van der Waals surface area contributed by atoms with Gasteiger partial charge < -0.3 is 9.67 Å². The molecule has 2 aromatic rings. The van der Waals surface area contributed by atoms with Gasteiger partial charge in [-0.3, -0.25) is 0 Å². The van der Waals surface area contributed by atoms with Gasteiger partial charge >= 0.3 is 5.97 Å². The second-order valence-corrected chi connectivity index (χ2v) is 5.24. The van der Waals surface area contributed by atoms with Crippen LogP contribution in [-0.2, 0) is 0 Å². The van der Waals surface area contributed by atoms with Gasteiger partial charge in [0.1, 0.15) is 0 Å². The summed E-state index contributed by atoms with van der Waals surface area (Å²) in [6, 6.07) is 5.21. The van der Waals surface area contributed by atoms with Gasteiger partial charge in [-0.2, -0.15) is 0 Å². The number of carbonyl (C=O) groups is 1. The van der Waals surface area contributed by atoms with E-state index in [-0.39, 0.29) is 5.56 Å². The predicted octanol–water partition coefficient (Wildman–Crippen LogP) is 4.41. The molecule has 0 bridgehead atoms. The van der Waals surface area contributed by atoms with Crippen LogP contribution in [0.3, 0.4) is 0 Å². The number of aromatic nitrogens is 1. The number of halogens is 2. The molecule has 1 aromatic heterocycles. The topological polar surface area (TPSA) is 42.2 Å². The minimum Gasteiger partial charge on any atom is -0.478 e. The molecule has 0 aliphatic rings. The molecule has 0 unspecified atom stereocenters. The highest BCUT2D eigenvalue weighted by atomic mass is 35.5. The maximum atomic E-state index is 11.2. The fourth-order valence-electron chi connectivity index (χ4n) is 2.17. The minimum absolute atomic E-state index is 0.256. The smallest absolute Gasteiger partial charge is 0.337 e. The number of carboxylic acid groups (broad SMARTS) is 1. The van der Waals surface area contributed by atoms with Gasteiger partial charge in [-0.05, 0) is 38.5 Å². The lowest BCUT2D eigenvalue weighted by Crippen LogP contribution is -2.04. The molecule has 0 spiro atoms. The fourth-order valence-corrected chi connectivity index (χ4v) is 2.71. The molecule has 2 rings (SSSR count). The van der Waals surface area contributed by atoms with Gasteiger partial charge in [0.2, 0.25) is 0 Å². The van der Waals surface area contributed by atoms with Gasteiger partial charge in [-0.15, -0.1) is 0 Å². The molecule has 0 amide bonds. The molecule has 100 valence electrons. The Morgan fingerprint density at radius 1 is 1.21 bits per heavy atom. The Hall–Kier alpha value is -1.45. The van der Waals surface area contributed by atoms with E-state index >= 15 is 0 Å². The van der Waals surface area contributed by atoms with Crippen molar-refractivity contribution in [3.05, 3.63) is 50.8 Å². The number of rotatable bonds is 2. The highest BCUT2D eigenvalue weighted by molar-refractivity contribution is 6.38. The Morgan fingerprint density at radius 3 is 2.37 bits per heavy atom. The zero-order chi connectivity index (χ0) is 14.3. The standard InChI is InChI=1S/C14H13Cl2NO2/c1-7-4-5-11(15)13(12(7)16)17-8(2)6-10(9(17)3)14(18)19/h4-6H,1-3H3,(H,18,19). The lowest BCUT2D eigenvalue weighted by Gasteiger charge is -2.15. The molecular weight excluding hydrogens is 285 g/mol. The highest BCUT2D eigenvalue weighted by Crippen LogP contribution is 2.34. The third-order valence-electron chi connectivity index (χ3n) is 3.15. The second kappa shape index (κ2) is 4.91. The number of hydrogen-bond donors (Lipinski definition) is 1. The average molecular weight is 298 g/mol. The van der Waals surface area contributed by atoms with E-state index in [1.54, 1.807) is 23.6 Å². The van der Waals surface area contributed by atoms with Crippen LogP contribution in [0.4, 0.5) is 0 Å². The molecule has 0 aliphatic carbocycles. The van der Waals surface area contributed by atoms with E-state index in [1.165, 1.54) is 0 Å². The van der Waals surface area contributed by atoms with Crippen LogP contribution in [0.15, 0.2) is 18.2 Å². The Kier molecular flexibility index (Phi) is 3.61. The Morgan fingerprint density at radius 2 is 1.84 bits per heavy atom. The molecule has 5 heteroatoms. The summed E-state index contributed by atoms with van der Waals surface area (Å²) >= 11 is 12.5. The normalized spacial score (nSPS) is 10.8. The van der Waals surface area contributed by atoms with E-state index in [0.717, 1.165) is 11.3 Å². The highest BCUT2D eigenvalue weighted by Gasteiger charge is 2.19. The Labute approximate surface area is 121 Å². The molecule has 0 saturated heterocycles. The number of aryl methyl sites for hydroxylation is 2.